The molecule has 17 aromatic rings. The van der Waals surface area contributed by atoms with Crippen LogP contribution in [-0.4, -0.2) is 4.57 Å². The first-order valence-corrected chi connectivity index (χ1v) is 31.4. The summed E-state index contributed by atoms with van der Waals surface area (Å²) < 4.78 is 2.50. The average molecular weight is 1140 g/mol. The van der Waals surface area contributed by atoms with E-state index in [1.807, 2.05) is 0 Å². The van der Waals surface area contributed by atoms with Crippen molar-refractivity contribution in [3.8, 4) is 94.7 Å². The Morgan fingerprint density at radius 2 is 0.556 bits per heavy atom. The van der Waals surface area contributed by atoms with Crippen molar-refractivity contribution in [3.05, 3.63) is 333 Å². The zero-order valence-electron chi connectivity index (χ0n) is 50.0. The van der Waals surface area contributed by atoms with Crippen LogP contribution in [0, 0.1) is 0 Å². The van der Waals surface area contributed by atoms with E-state index in [-0.39, 0.29) is 5.41 Å². The highest BCUT2D eigenvalue weighted by molar-refractivity contribution is 6.16. The van der Waals surface area contributed by atoms with Gasteiger partial charge in [-0.05, 0) is 209 Å². The summed E-state index contributed by atoms with van der Waals surface area (Å²) in [6, 6.07) is 120. The van der Waals surface area contributed by atoms with Crippen LogP contribution in [-0.2, 0) is 5.41 Å². The van der Waals surface area contributed by atoms with Crippen LogP contribution in [0.5, 0.6) is 0 Å². The standard InChI is InChI=1S/C89H59N/c1-89(2)85-54-69(72-25-13-17-62-14-3-6-18-71(62)72)42-46-79(85)80-47-45-70(55-86(80)89)90-87-48-43-65(60-30-26-56(27-31-60)58-34-38-63(39-35-58)81-52-67-15-4-7-19-73(67)75-21-9-11-23-77(75)81)50-83(87)84-51-66(44-49-88(84)90)61-32-28-57(29-33-61)59-36-40-64(41-37-59)82-53-68-16-5-8-20-74(68)76-22-10-12-24-78(76)82/h3-55H,1-2H3. The lowest BCUT2D eigenvalue weighted by Gasteiger charge is -2.23. The van der Waals surface area contributed by atoms with Gasteiger partial charge in [0.05, 0.1) is 11.0 Å². The Morgan fingerprint density at radius 3 is 1.04 bits per heavy atom. The number of fused-ring (bicyclic) bond motifs is 13. The predicted octanol–water partition coefficient (Wildman–Crippen LogP) is 24.5. The minimum atomic E-state index is -0.221. The molecule has 0 radical (unpaired) electrons. The first kappa shape index (κ1) is 51.8. The second-order valence-electron chi connectivity index (χ2n) is 25.1. The van der Waals surface area contributed by atoms with Gasteiger partial charge in [-0.2, -0.15) is 0 Å². The highest BCUT2D eigenvalue weighted by Crippen LogP contribution is 2.52. The van der Waals surface area contributed by atoms with E-state index >= 15 is 0 Å². The minimum Gasteiger partial charge on any atom is -0.309 e. The van der Waals surface area contributed by atoms with Gasteiger partial charge in [0.15, 0.2) is 0 Å². The lowest BCUT2D eigenvalue weighted by molar-refractivity contribution is 0.660. The third-order valence-corrected chi connectivity index (χ3v) is 19.8. The fourth-order valence-electron chi connectivity index (χ4n) is 15.2. The maximum atomic E-state index is 2.50. The van der Waals surface area contributed by atoms with E-state index in [1.165, 1.54) is 176 Å². The van der Waals surface area contributed by atoms with Crippen LogP contribution >= 0.6 is 0 Å². The van der Waals surface area contributed by atoms with E-state index in [9.17, 15) is 0 Å². The molecule has 420 valence electrons. The third-order valence-electron chi connectivity index (χ3n) is 19.8. The molecule has 0 atom stereocenters. The topological polar surface area (TPSA) is 4.93 Å². The Bertz CT molecular complexity index is 5490. The van der Waals surface area contributed by atoms with Gasteiger partial charge in [0.2, 0.25) is 0 Å². The summed E-state index contributed by atoms with van der Waals surface area (Å²) in [5.74, 6) is 0. The second kappa shape index (κ2) is 20.4. The number of aromatic nitrogens is 1. The zero-order chi connectivity index (χ0) is 59.6. The molecular weight excluding hydrogens is 1080 g/mol. The fraction of sp³-hybridized carbons (Fsp3) is 0.0337. The van der Waals surface area contributed by atoms with Gasteiger partial charge in [-0.1, -0.05) is 281 Å². The molecule has 0 amide bonds. The molecule has 1 aliphatic rings. The Hall–Kier alpha value is -11.4. The van der Waals surface area contributed by atoms with Crippen molar-refractivity contribution in [1.29, 1.82) is 0 Å². The van der Waals surface area contributed by atoms with Crippen molar-refractivity contribution in [2.24, 2.45) is 0 Å². The van der Waals surface area contributed by atoms with Crippen molar-refractivity contribution < 1.29 is 0 Å². The van der Waals surface area contributed by atoms with Crippen LogP contribution in [0.1, 0.15) is 25.0 Å². The molecule has 1 nitrogen and oxygen atoms in total. The van der Waals surface area contributed by atoms with Gasteiger partial charge in [-0.25, -0.2) is 0 Å². The van der Waals surface area contributed by atoms with Gasteiger partial charge in [0, 0.05) is 21.9 Å². The Labute approximate surface area is 523 Å². The van der Waals surface area contributed by atoms with Gasteiger partial charge in [-0.15, -0.1) is 0 Å². The van der Waals surface area contributed by atoms with Gasteiger partial charge >= 0.3 is 0 Å². The lowest BCUT2D eigenvalue weighted by atomic mass is 9.81. The SMILES string of the molecule is CC1(C)c2cc(-c3cccc4ccccc34)ccc2-c2ccc(-n3c4ccc(-c5ccc(-c6ccc(-c7cc8ccccc8c8ccccc78)cc6)cc5)cc4c4cc(-c5ccc(-c6ccc(-c7cc8ccccc8c8ccccc78)cc6)cc5)ccc43)cc21. The van der Waals surface area contributed by atoms with Crippen molar-refractivity contribution in [2.75, 3.05) is 0 Å². The predicted molar refractivity (Wildman–Crippen MR) is 384 cm³/mol. The highest BCUT2D eigenvalue weighted by Gasteiger charge is 2.36. The molecule has 90 heavy (non-hydrogen) atoms. The summed E-state index contributed by atoms with van der Waals surface area (Å²) in [5.41, 5.74) is 25.7. The molecule has 0 saturated carbocycles. The van der Waals surface area contributed by atoms with Crippen LogP contribution in [0.15, 0.2) is 322 Å². The number of nitrogens with zero attached hydrogens (tertiary/aromatic N) is 1. The molecule has 0 aliphatic heterocycles. The van der Waals surface area contributed by atoms with E-state index in [0.717, 1.165) is 5.69 Å². The molecule has 1 heteroatoms. The number of hydrogen-bond donors (Lipinski definition) is 0. The van der Waals surface area contributed by atoms with Crippen molar-refractivity contribution >= 4 is 75.7 Å². The Morgan fingerprint density at radius 1 is 0.200 bits per heavy atom. The van der Waals surface area contributed by atoms with Crippen LogP contribution in [0.4, 0.5) is 0 Å². The van der Waals surface area contributed by atoms with Gasteiger partial charge in [0.1, 0.15) is 0 Å². The van der Waals surface area contributed by atoms with Crippen molar-refractivity contribution in [2.45, 2.75) is 19.3 Å². The molecule has 18 rings (SSSR count). The summed E-state index contributed by atoms with van der Waals surface area (Å²) in [6.07, 6.45) is 0. The van der Waals surface area contributed by atoms with Gasteiger partial charge in [-0.3, -0.25) is 0 Å². The smallest absolute Gasteiger partial charge is 0.0541 e. The van der Waals surface area contributed by atoms with Gasteiger partial charge in [0.25, 0.3) is 0 Å². The number of rotatable bonds is 8. The average Bonchev–Trinajstić information content (AvgIpc) is 1.57. The summed E-state index contributed by atoms with van der Waals surface area (Å²) in [6.45, 7) is 4.81. The zero-order valence-corrected chi connectivity index (χ0v) is 50.0. The molecule has 0 spiro atoms. The van der Waals surface area contributed by atoms with E-state index in [2.05, 4.69) is 340 Å². The van der Waals surface area contributed by atoms with Crippen molar-refractivity contribution in [1.82, 2.24) is 4.57 Å². The molecule has 0 saturated heterocycles. The van der Waals surface area contributed by atoms with E-state index in [1.54, 1.807) is 0 Å². The van der Waals surface area contributed by atoms with Crippen molar-refractivity contribution in [3.63, 3.8) is 0 Å². The summed E-state index contributed by atoms with van der Waals surface area (Å²) in [4.78, 5) is 0. The summed E-state index contributed by atoms with van der Waals surface area (Å²) >= 11 is 0. The lowest BCUT2D eigenvalue weighted by Crippen LogP contribution is -2.15. The normalized spacial score (nSPS) is 12.6. The first-order chi connectivity index (χ1) is 44.3. The maximum Gasteiger partial charge on any atom is 0.0541 e. The van der Waals surface area contributed by atoms with E-state index in [4.69, 9.17) is 0 Å². The molecule has 0 unspecified atom stereocenters. The molecule has 0 fully saturated rings. The van der Waals surface area contributed by atoms with E-state index < -0.39 is 0 Å². The quantitative estimate of drug-likeness (QED) is 0.134. The molecule has 1 aromatic heterocycles. The minimum absolute atomic E-state index is 0.221. The number of benzene rings is 16. The second-order valence-corrected chi connectivity index (χ2v) is 25.1. The maximum absolute atomic E-state index is 2.50. The van der Waals surface area contributed by atoms with Crippen LogP contribution in [0.25, 0.3) is 170 Å². The van der Waals surface area contributed by atoms with Crippen LogP contribution < -0.4 is 0 Å². The summed E-state index contributed by atoms with van der Waals surface area (Å²) in [5, 5.41) is 15.2. The van der Waals surface area contributed by atoms with Crippen LogP contribution in [0.3, 0.4) is 0 Å². The molecular formula is C89H59N. The Balaban J connectivity index is 0.702. The molecule has 1 aliphatic carbocycles. The molecule has 0 N–H and O–H groups in total. The molecule has 16 aromatic carbocycles. The Kier molecular flexibility index (Phi) is 11.7. The molecule has 1 heterocycles. The fourth-order valence-corrected chi connectivity index (χ4v) is 15.2. The van der Waals surface area contributed by atoms with Crippen LogP contribution in [0.2, 0.25) is 0 Å². The number of hydrogen-bond acceptors (Lipinski definition) is 0. The molecule has 0 bridgehead atoms. The highest BCUT2D eigenvalue weighted by atomic mass is 15.0. The third kappa shape index (κ3) is 8.31. The van der Waals surface area contributed by atoms with E-state index in [0.29, 0.717) is 0 Å². The first-order valence-electron chi connectivity index (χ1n) is 31.4. The monoisotopic (exact) mass is 1140 g/mol. The summed E-state index contributed by atoms with van der Waals surface area (Å²) in [7, 11) is 0. The largest absolute Gasteiger partial charge is 0.309 e. The van der Waals surface area contributed by atoms with Gasteiger partial charge < -0.3 is 4.57 Å².